The maximum atomic E-state index is 5.53. The lowest BCUT2D eigenvalue weighted by Gasteiger charge is -2.24. The molecule has 0 amide bonds. The Hall–Kier alpha value is -0.600. The van der Waals surface area contributed by atoms with Gasteiger partial charge in [-0.15, -0.1) is 0 Å². The van der Waals surface area contributed by atoms with Crippen molar-refractivity contribution in [1.82, 2.24) is 0 Å². The molecule has 0 aromatic heterocycles. The Labute approximate surface area is 85.6 Å². The Balaban J connectivity index is 2.24. The molecule has 0 aromatic rings. The van der Waals surface area contributed by atoms with Gasteiger partial charge in [-0.1, -0.05) is 11.6 Å². The van der Waals surface area contributed by atoms with Gasteiger partial charge < -0.3 is 9.47 Å². The molecule has 1 fully saturated rings. The van der Waals surface area contributed by atoms with Crippen LogP contribution in [0.1, 0.15) is 26.7 Å². The minimum atomic E-state index is 0.159. The van der Waals surface area contributed by atoms with Crippen molar-refractivity contribution in [2.75, 3.05) is 13.7 Å². The van der Waals surface area contributed by atoms with Crippen molar-refractivity contribution in [2.24, 2.45) is 0 Å². The molecule has 0 spiro atoms. The van der Waals surface area contributed by atoms with Crippen molar-refractivity contribution in [3.05, 3.63) is 22.8 Å². The fourth-order valence-corrected chi connectivity index (χ4v) is 2.24. The number of hydrogen-bond donors (Lipinski definition) is 0. The Bertz CT molecular complexity index is 285. The zero-order valence-electron chi connectivity index (χ0n) is 9.17. The molecule has 1 aliphatic heterocycles. The van der Waals surface area contributed by atoms with Crippen LogP contribution in [0.25, 0.3) is 0 Å². The van der Waals surface area contributed by atoms with E-state index in [1.807, 2.05) is 0 Å². The Morgan fingerprint density at radius 2 is 2.21 bits per heavy atom. The lowest BCUT2D eigenvalue weighted by atomic mass is 9.88. The molecule has 1 aliphatic carbocycles. The summed E-state index contributed by atoms with van der Waals surface area (Å²) in [5.74, 6) is 0. The van der Waals surface area contributed by atoms with E-state index in [0.29, 0.717) is 6.10 Å². The lowest BCUT2D eigenvalue weighted by Crippen LogP contribution is -2.23. The third-order valence-electron chi connectivity index (χ3n) is 3.09. The topological polar surface area (TPSA) is 21.8 Å². The molecular weight excluding hydrogens is 176 g/mol. The molecule has 2 rings (SSSR count). The summed E-state index contributed by atoms with van der Waals surface area (Å²) in [6.45, 7) is 5.23. The van der Waals surface area contributed by atoms with Gasteiger partial charge in [-0.3, -0.25) is 0 Å². The summed E-state index contributed by atoms with van der Waals surface area (Å²) in [7, 11) is 1.77. The van der Waals surface area contributed by atoms with Crippen LogP contribution in [0.2, 0.25) is 0 Å². The average Bonchev–Trinajstić information content (AvgIpc) is 2.95. The highest BCUT2D eigenvalue weighted by Gasteiger charge is 2.36. The highest BCUT2D eigenvalue weighted by molar-refractivity contribution is 5.40. The molecule has 2 atom stereocenters. The van der Waals surface area contributed by atoms with Gasteiger partial charge >= 0.3 is 0 Å². The standard InChI is InChI=1S/C12H18O2/c1-8-5-4-6-9(2)11(8)12(13-3)10-7-14-10/h5,10,12H,4,6-7H2,1-3H3. The van der Waals surface area contributed by atoms with Gasteiger partial charge in [0, 0.05) is 7.11 Å². The molecule has 0 bridgehead atoms. The van der Waals surface area contributed by atoms with Crippen LogP contribution in [0.15, 0.2) is 22.8 Å². The van der Waals surface area contributed by atoms with Crippen molar-refractivity contribution in [3.63, 3.8) is 0 Å². The summed E-state index contributed by atoms with van der Waals surface area (Å²) in [6.07, 6.45) is 5.09. The highest BCUT2D eigenvalue weighted by atomic mass is 16.6. The smallest absolute Gasteiger partial charge is 0.111 e. The van der Waals surface area contributed by atoms with Crippen LogP contribution >= 0.6 is 0 Å². The molecule has 78 valence electrons. The normalized spacial score (nSPS) is 28.8. The monoisotopic (exact) mass is 194 g/mol. The van der Waals surface area contributed by atoms with Crippen LogP contribution in [0.5, 0.6) is 0 Å². The molecule has 0 N–H and O–H groups in total. The lowest BCUT2D eigenvalue weighted by molar-refractivity contribution is 0.104. The maximum absolute atomic E-state index is 5.53. The Morgan fingerprint density at radius 3 is 2.71 bits per heavy atom. The maximum Gasteiger partial charge on any atom is 0.111 e. The molecule has 2 unspecified atom stereocenters. The number of allylic oxidation sites excluding steroid dienone is 2. The third kappa shape index (κ3) is 1.77. The zero-order chi connectivity index (χ0) is 10.1. The fraction of sp³-hybridized carbons (Fsp3) is 0.667. The van der Waals surface area contributed by atoms with Crippen LogP contribution in [-0.4, -0.2) is 25.9 Å². The van der Waals surface area contributed by atoms with E-state index in [4.69, 9.17) is 9.47 Å². The van der Waals surface area contributed by atoms with E-state index in [1.54, 1.807) is 7.11 Å². The van der Waals surface area contributed by atoms with Gasteiger partial charge in [0.05, 0.1) is 6.61 Å². The first-order valence-electron chi connectivity index (χ1n) is 5.25. The molecule has 0 aromatic carbocycles. The fourth-order valence-electron chi connectivity index (χ4n) is 2.24. The molecule has 2 aliphatic rings. The van der Waals surface area contributed by atoms with Crippen molar-refractivity contribution in [2.45, 2.75) is 38.9 Å². The van der Waals surface area contributed by atoms with Gasteiger partial charge in [-0.25, -0.2) is 0 Å². The van der Waals surface area contributed by atoms with E-state index in [-0.39, 0.29) is 6.10 Å². The van der Waals surface area contributed by atoms with E-state index in [9.17, 15) is 0 Å². The minimum Gasteiger partial charge on any atom is -0.374 e. The summed E-state index contributed by atoms with van der Waals surface area (Å²) >= 11 is 0. The van der Waals surface area contributed by atoms with Crippen molar-refractivity contribution >= 4 is 0 Å². The van der Waals surface area contributed by atoms with Crippen LogP contribution in [0.4, 0.5) is 0 Å². The number of rotatable bonds is 3. The first-order chi connectivity index (χ1) is 6.74. The minimum absolute atomic E-state index is 0.159. The Kier molecular flexibility index (Phi) is 2.75. The molecule has 1 saturated heterocycles. The molecule has 1 heterocycles. The first-order valence-corrected chi connectivity index (χ1v) is 5.25. The summed E-state index contributed by atoms with van der Waals surface area (Å²) in [4.78, 5) is 0. The molecule has 14 heavy (non-hydrogen) atoms. The number of ether oxygens (including phenoxy) is 2. The largest absolute Gasteiger partial charge is 0.374 e. The summed E-state index contributed by atoms with van der Waals surface area (Å²) < 4.78 is 10.9. The number of epoxide rings is 1. The SMILES string of the molecule is COC(C1=C(C)CCC=C1C)C1CO1. The first kappa shape index (κ1) is 9.94. The Morgan fingerprint density at radius 1 is 1.50 bits per heavy atom. The van der Waals surface area contributed by atoms with Gasteiger partial charge in [-0.05, 0) is 37.8 Å². The molecule has 2 heteroatoms. The molecule has 0 saturated carbocycles. The second kappa shape index (κ2) is 3.87. The zero-order valence-corrected chi connectivity index (χ0v) is 9.17. The van der Waals surface area contributed by atoms with E-state index in [0.717, 1.165) is 6.61 Å². The van der Waals surface area contributed by atoms with Crippen LogP contribution in [0, 0.1) is 0 Å². The predicted molar refractivity (Wildman–Crippen MR) is 56.2 cm³/mol. The summed E-state index contributed by atoms with van der Waals surface area (Å²) in [5, 5.41) is 0. The second-order valence-electron chi connectivity index (χ2n) is 4.15. The van der Waals surface area contributed by atoms with E-state index in [2.05, 4.69) is 19.9 Å². The van der Waals surface area contributed by atoms with Gasteiger partial charge in [0.2, 0.25) is 0 Å². The van der Waals surface area contributed by atoms with Gasteiger partial charge in [0.25, 0.3) is 0 Å². The molecule has 0 radical (unpaired) electrons. The van der Waals surface area contributed by atoms with E-state index < -0.39 is 0 Å². The van der Waals surface area contributed by atoms with Crippen LogP contribution in [0.3, 0.4) is 0 Å². The average molecular weight is 194 g/mol. The molecular formula is C12H18O2. The quantitative estimate of drug-likeness (QED) is 0.644. The van der Waals surface area contributed by atoms with Crippen LogP contribution < -0.4 is 0 Å². The summed E-state index contributed by atoms with van der Waals surface area (Å²) in [6, 6.07) is 0. The van der Waals surface area contributed by atoms with Crippen molar-refractivity contribution in [1.29, 1.82) is 0 Å². The van der Waals surface area contributed by atoms with Gasteiger partial charge in [-0.2, -0.15) is 0 Å². The highest BCUT2D eigenvalue weighted by Crippen LogP contribution is 2.33. The molecule has 2 nitrogen and oxygen atoms in total. The predicted octanol–water partition coefficient (Wildman–Crippen LogP) is 2.46. The van der Waals surface area contributed by atoms with Crippen molar-refractivity contribution < 1.29 is 9.47 Å². The van der Waals surface area contributed by atoms with Gasteiger partial charge in [0.1, 0.15) is 12.2 Å². The van der Waals surface area contributed by atoms with E-state index >= 15 is 0 Å². The summed E-state index contributed by atoms with van der Waals surface area (Å²) in [5.41, 5.74) is 4.21. The van der Waals surface area contributed by atoms with Crippen LogP contribution in [-0.2, 0) is 9.47 Å². The number of hydrogen-bond acceptors (Lipinski definition) is 2. The second-order valence-corrected chi connectivity index (χ2v) is 4.15. The third-order valence-corrected chi connectivity index (χ3v) is 3.09. The van der Waals surface area contributed by atoms with Gasteiger partial charge in [0.15, 0.2) is 0 Å². The van der Waals surface area contributed by atoms with E-state index in [1.165, 1.54) is 29.6 Å². The van der Waals surface area contributed by atoms with Crippen molar-refractivity contribution in [3.8, 4) is 0 Å². The number of methoxy groups -OCH3 is 1.